The van der Waals surface area contributed by atoms with Crippen LogP contribution >= 0.6 is 15.9 Å². The summed E-state index contributed by atoms with van der Waals surface area (Å²) in [5.41, 5.74) is 2.40. The molecule has 0 atom stereocenters. The number of aryl methyl sites for hydroxylation is 1. The zero-order chi connectivity index (χ0) is 14.8. The van der Waals surface area contributed by atoms with Crippen molar-refractivity contribution in [2.75, 3.05) is 4.72 Å². The first-order chi connectivity index (χ1) is 9.42. The minimum absolute atomic E-state index is 0.0304. The molecule has 2 aromatic carbocycles. The van der Waals surface area contributed by atoms with E-state index in [0.29, 0.717) is 11.0 Å². The summed E-state index contributed by atoms with van der Waals surface area (Å²) in [6.07, 6.45) is 0. The maximum atomic E-state index is 12.8. The Labute approximate surface area is 126 Å². The van der Waals surface area contributed by atoms with E-state index < -0.39 is 15.8 Å². The zero-order valence-corrected chi connectivity index (χ0v) is 13.1. The van der Waals surface area contributed by atoms with Gasteiger partial charge in [0, 0.05) is 5.33 Å². The number of halogens is 2. The number of hydrogen-bond acceptors (Lipinski definition) is 2. The normalized spacial score (nSPS) is 11.3. The molecule has 0 heterocycles. The van der Waals surface area contributed by atoms with Crippen LogP contribution in [0.25, 0.3) is 0 Å². The summed E-state index contributed by atoms with van der Waals surface area (Å²) in [5, 5.41) is 0.707. The van der Waals surface area contributed by atoms with Gasteiger partial charge in [0.1, 0.15) is 5.82 Å². The van der Waals surface area contributed by atoms with Crippen molar-refractivity contribution in [2.24, 2.45) is 0 Å². The van der Waals surface area contributed by atoms with E-state index in [1.165, 1.54) is 12.1 Å². The summed E-state index contributed by atoms with van der Waals surface area (Å²) in [5.74, 6) is -0.471. The third-order valence-electron chi connectivity index (χ3n) is 2.81. The summed E-state index contributed by atoms with van der Waals surface area (Å²) < 4.78 is 39.7. The first kappa shape index (κ1) is 15.0. The first-order valence-corrected chi connectivity index (χ1v) is 8.47. The van der Waals surface area contributed by atoms with E-state index >= 15 is 0 Å². The first-order valence-electron chi connectivity index (χ1n) is 5.86. The Kier molecular flexibility index (Phi) is 4.45. The van der Waals surface area contributed by atoms with Crippen molar-refractivity contribution in [3.05, 3.63) is 59.4 Å². The van der Waals surface area contributed by atoms with Crippen molar-refractivity contribution < 1.29 is 12.8 Å². The summed E-state index contributed by atoms with van der Waals surface area (Å²) in [7, 11) is -3.70. The molecule has 106 valence electrons. The number of hydrogen-bond donors (Lipinski definition) is 1. The molecule has 2 aromatic rings. The molecule has 0 unspecified atom stereocenters. The van der Waals surface area contributed by atoms with E-state index in [1.54, 1.807) is 6.07 Å². The van der Waals surface area contributed by atoms with Crippen molar-refractivity contribution in [1.82, 2.24) is 0 Å². The average molecular weight is 358 g/mol. The predicted octanol–water partition coefficient (Wildman–Crippen LogP) is 3.83. The molecule has 20 heavy (non-hydrogen) atoms. The molecule has 0 aliphatic rings. The molecule has 0 aromatic heterocycles. The standard InChI is InChI=1S/C14H13BrFNO2S/c1-10-8-11(9-15)2-7-14(10)17-20(18,19)13-5-3-12(16)4-6-13/h2-8,17H,9H2,1H3. The van der Waals surface area contributed by atoms with Crippen molar-refractivity contribution in [3.63, 3.8) is 0 Å². The SMILES string of the molecule is Cc1cc(CBr)ccc1NS(=O)(=O)c1ccc(F)cc1. The van der Waals surface area contributed by atoms with Gasteiger partial charge in [0.05, 0.1) is 10.6 Å². The minimum Gasteiger partial charge on any atom is -0.279 e. The fourth-order valence-corrected chi connectivity index (χ4v) is 3.22. The number of sulfonamides is 1. The number of anilines is 1. The van der Waals surface area contributed by atoms with Gasteiger partial charge in [-0.1, -0.05) is 28.1 Å². The summed E-state index contributed by atoms with van der Waals surface area (Å²) >= 11 is 3.35. The molecular formula is C14H13BrFNO2S. The average Bonchev–Trinajstić information content (AvgIpc) is 2.41. The molecule has 3 nitrogen and oxygen atoms in total. The minimum atomic E-state index is -3.70. The molecule has 6 heteroatoms. The number of alkyl halides is 1. The van der Waals surface area contributed by atoms with Gasteiger partial charge in [-0.25, -0.2) is 12.8 Å². The molecule has 0 saturated heterocycles. The van der Waals surface area contributed by atoms with Crippen LogP contribution in [0.15, 0.2) is 47.4 Å². The third-order valence-corrected chi connectivity index (χ3v) is 4.84. The second-order valence-corrected chi connectivity index (χ2v) is 6.59. The Hall–Kier alpha value is -1.40. The molecule has 0 saturated carbocycles. The van der Waals surface area contributed by atoms with Gasteiger partial charge in [-0.2, -0.15) is 0 Å². The number of benzene rings is 2. The highest BCUT2D eigenvalue weighted by atomic mass is 79.9. The Bertz CT molecular complexity index is 714. The smallest absolute Gasteiger partial charge is 0.261 e. The highest BCUT2D eigenvalue weighted by Gasteiger charge is 2.15. The lowest BCUT2D eigenvalue weighted by Crippen LogP contribution is -2.13. The molecule has 0 fully saturated rings. The van der Waals surface area contributed by atoms with Crippen molar-refractivity contribution in [3.8, 4) is 0 Å². The van der Waals surface area contributed by atoms with Crippen LogP contribution < -0.4 is 4.72 Å². The highest BCUT2D eigenvalue weighted by molar-refractivity contribution is 9.08. The van der Waals surface area contributed by atoms with Gasteiger partial charge in [0.15, 0.2) is 0 Å². The van der Waals surface area contributed by atoms with Crippen LogP contribution in [0.5, 0.6) is 0 Å². The van der Waals surface area contributed by atoms with Crippen molar-refractivity contribution in [1.29, 1.82) is 0 Å². The van der Waals surface area contributed by atoms with E-state index in [0.717, 1.165) is 23.3 Å². The Morgan fingerprint density at radius 1 is 1.15 bits per heavy atom. The van der Waals surface area contributed by atoms with Gasteiger partial charge in [0.25, 0.3) is 10.0 Å². The van der Waals surface area contributed by atoms with Crippen LogP contribution in [0.3, 0.4) is 0 Å². The monoisotopic (exact) mass is 357 g/mol. The Morgan fingerprint density at radius 3 is 2.35 bits per heavy atom. The van der Waals surface area contributed by atoms with E-state index in [4.69, 9.17) is 0 Å². The van der Waals surface area contributed by atoms with Crippen molar-refractivity contribution >= 4 is 31.6 Å². The quantitative estimate of drug-likeness (QED) is 0.845. The van der Waals surface area contributed by atoms with Crippen LogP contribution in [0.1, 0.15) is 11.1 Å². The second-order valence-electron chi connectivity index (χ2n) is 4.34. The molecule has 0 radical (unpaired) electrons. The van der Waals surface area contributed by atoms with Gasteiger partial charge in [-0.15, -0.1) is 0 Å². The molecule has 0 spiro atoms. The lowest BCUT2D eigenvalue weighted by atomic mass is 10.1. The fourth-order valence-electron chi connectivity index (χ4n) is 1.74. The van der Waals surface area contributed by atoms with E-state index in [9.17, 15) is 12.8 Å². The summed E-state index contributed by atoms with van der Waals surface area (Å²) in [6.45, 7) is 1.83. The van der Waals surface area contributed by atoms with Gasteiger partial charge in [-0.05, 0) is 48.4 Å². The second kappa shape index (κ2) is 5.93. The molecule has 2 rings (SSSR count). The zero-order valence-electron chi connectivity index (χ0n) is 10.7. The summed E-state index contributed by atoms with van der Waals surface area (Å²) in [4.78, 5) is 0.0304. The van der Waals surface area contributed by atoms with E-state index in [2.05, 4.69) is 20.7 Å². The van der Waals surface area contributed by atoms with Crippen LogP contribution in [-0.4, -0.2) is 8.42 Å². The van der Waals surface area contributed by atoms with E-state index in [1.807, 2.05) is 19.1 Å². The van der Waals surface area contributed by atoms with Crippen LogP contribution in [0.4, 0.5) is 10.1 Å². The Morgan fingerprint density at radius 2 is 1.80 bits per heavy atom. The van der Waals surface area contributed by atoms with Crippen LogP contribution in [-0.2, 0) is 15.4 Å². The topological polar surface area (TPSA) is 46.2 Å². The number of rotatable bonds is 4. The maximum absolute atomic E-state index is 12.8. The highest BCUT2D eigenvalue weighted by Crippen LogP contribution is 2.22. The molecule has 0 aliphatic carbocycles. The predicted molar refractivity (Wildman–Crippen MR) is 81.0 cm³/mol. The van der Waals surface area contributed by atoms with Gasteiger partial charge < -0.3 is 0 Å². The lowest BCUT2D eigenvalue weighted by Gasteiger charge is -2.11. The lowest BCUT2D eigenvalue weighted by molar-refractivity contribution is 0.599. The maximum Gasteiger partial charge on any atom is 0.261 e. The van der Waals surface area contributed by atoms with Crippen molar-refractivity contribution in [2.45, 2.75) is 17.1 Å². The summed E-state index contributed by atoms with van der Waals surface area (Å²) in [6, 6.07) is 10.2. The molecule has 0 amide bonds. The largest absolute Gasteiger partial charge is 0.279 e. The molecule has 0 bridgehead atoms. The Balaban J connectivity index is 2.31. The number of nitrogens with one attached hydrogen (secondary N) is 1. The molecule has 1 N–H and O–H groups in total. The fraction of sp³-hybridized carbons (Fsp3) is 0.143. The van der Waals surface area contributed by atoms with Gasteiger partial charge >= 0.3 is 0 Å². The third kappa shape index (κ3) is 3.37. The van der Waals surface area contributed by atoms with Gasteiger partial charge in [0.2, 0.25) is 0 Å². The van der Waals surface area contributed by atoms with Gasteiger partial charge in [-0.3, -0.25) is 4.72 Å². The van der Waals surface area contributed by atoms with Crippen LogP contribution in [0, 0.1) is 12.7 Å². The van der Waals surface area contributed by atoms with Crippen LogP contribution in [0.2, 0.25) is 0 Å². The van der Waals surface area contributed by atoms with E-state index in [-0.39, 0.29) is 4.90 Å². The molecule has 0 aliphatic heterocycles. The molecular weight excluding hydrogens is 345 g/mol.